The first kappa shape index (κ1) is 18.1. The number of carbonyl (C=O) groups is 1. The SMILES string of the molecule is CC(=C1CC[C@H]2[C@@H]3CC[C@H]4NC(=O)C=C[C@]4(C)[C@H]3CC[C@]12C)c1cccnc1. The zero-order valence-corrected chi connectivity index (χ0v) is 17.4. The molecule has 0 unspecified atom stereocenters. The van der Waals surface area contributed by atoms with Gasteiger partial charge in [-0.3, -0.25) is 9.78 Å². The van der Waals surface area contributed by atoms with Crippen LogP contribution in [0.4, 0.5) is 0 Å². The Morgan fingerprint density at radius 2 is 2.04 bits per heavy atom. The molecule has 3 nitrogen and oxygen atoms in total. The minimum Gasteiger partial charge on any atom is -0.349 e. The van der Waals surface area contributed by atoms with E-state index in [1.165, 1.54) is 43.2 Å². The van der Waals surface area contributed by atoms with Crippen molar-refractivity contribution in [3.63, 3.8) is 0 Å². The molecule has 3 aliphatic carbocycles. The van der Waals surface area contributed by atoms with E-state index in [1.807, 2.05) is 12.4 Å². The molecule has 0 aromatic carbocycles. The minimum atomic E-state index is 0.0970. The number of nitrogens with one attached hydrogen (secondary N) is 1. The van der Waals surface area contributed by atoms with Crippen LogP contribution < -0.4 is 5.32 Å². The number of carbonyl (C=O) groups excluding carboxylic acids is 1. The number of allylic oxidation sites excluding steroid dienone is 2. The molecular formula is C25H32N2O. The van der Waals surface area contributed by atoms with E-state index in [0.717, 1.165) is 18.3 Å². The lowest BCUT2D eigenvalue weighted by Gasteiger charge is -2.58. The Morgan fingerprint density at radius 1 is 1.18 bits per heavy atom. The second-order valence-corrected chi connectivity index (χ2v) is 10.1. The number of pyridine rings is 1. The molecule has 0 spiro atoms. The van der Waals surface area contributed by atoms with Crippen LogP contribution >= 0.6 is 0 Å². The molecule has 4 aliphatic rings. The summed E-state index contributed by atoms with van der Waals surface area (Å²) in [5, 5.41) is 3.27. The molecular weight excluding hydrogens is 344 g/mol. The Kier molecular flexibility index (Phi) is 4.08. The fourth-order valence-corrected chi connectivity index (χ4v) is 7.52. The highest BCUT2D eigenvalue weighted by Crippen LogP contribution is 2.65. The number of nitrogens with zero attached hydrogens (tertiary/aromatic N) is 1. The predicted octanol–water partition coefficient (Wildman–Crippen LogP) is 5.15. The number of fused-ring (bicyclic) bond motifs is 5. The van der Waals surface area contributed by atoms with Crippen LogP contribution in [-0.2, 0) is 4.79 Å². The Morgan fingerprint density at radius 3 is 2.82 bits per heavy atom. The van der Waals surface area contributed by atoms with Gasteiger partial charge in [0.25, 0.3) is 0 Å². The Bertz CT molecular complexity index is 857. The van der Waals surface area contributed by atoms with Crippen molar-refractivity contribution in [2.24, 2.45) is 28.6 Å². The van der Waals surface area contributed by atoms with Crippen molar-refractivity contribution in [1.29, 1.82) is 0 Å². The Labute approximate surface area is 168 Å². The van der Waals surface area contributed by atoms with Crippen molar-refractivity contribution < 1.29 is 4.79 Å². The minimum absolute atomic E-state index is 0.0970. The number of aromatic nitrogens is 1. The summed E-state index contributed by atoms with van der Waals surface area (Å²) in [4.78, 5) is 16.3. The summed E-state index contributed by atoms with van der Waals surface area (Å²) in [5.74, 6) is 2.34. The van der Waals surface area contributed by atoms with Crippen LogP contribution in [0.5, 0.6) is 0 Å². The highest BCUT2D eigenvalue weighted by atomic mass is 16.1. The van der Waals surface area contributed by atoms with Gasteiger partial charge in [-0.2, -0.15) is 0 Å². The predicted molar refractivity (Wildman–Crippen MR) is 112 cm³/mol. The number of hydrogen-bond acceptors (Lipinski definition) is 2. The fraction of sp³-hybridized carbons (Fsp3) is 0.600. The van der Waals surface area contributed by atoms with Crippen molar-refractivity contribution in [3.8, 4) is 0 Å². The van der Waals surface area contributed by atoms with Crippen molar-refractivity contribution >= 4 is 11.5 Å². The third-order valence-electron chi connectivity index (χ3n) is 9.02. The molecule has 5 rings (SSSR count). The first-order chi connectivity index (χ1) is 13.4. The van der Waals surface area contributed by atoms with Crippen LogP contribution in [0.1, 0.15) is 64.9 Å². The molecule has 3 heteroatoms. The van der Waals surface area contributed by atoms with Gasteiger partial charge >= 0.3 is 0 Å². The molecule has 28 heavy (non-hydrogen) atoms. The van der Waals surface area contributed by atoms with E-state index < -0.39 is 0 Å². The van der Waals surface area contributed by atoms with Crippen LogP contribution in [-0.4, -0.2) is 16.9 Å². The lowest BCUT2D eigenvalue weighted by molar-refractivity contribution is -0.121. The maximum absolute atomic E-state index is 11.9. The zero-order valence-electron chi connectivity index (χ0n) is 17.4. The summed E-state index contributed by atoms with van der Waals surface area (Å²) in [6.45, 7) is 7.26. The summed E-state index contributed by atoms with van der Waals surface area (Å²) in [6, 6.07) is 4.58. The zero-order chi connectivity index (χ0) is 19.5. The third-order valence-corrected chi connectivity index (χ3v) is 9.02. The summed E-state index contributed by atoms with van der Waals surface area (Å²) in [5.41, 5.74) is 4.88. The lowest BCUT2D eigenvalue weighted by Crippen LogP contribution is -2.59. The number of rotatable bonds is 1. The van der Waals surface area contributed by atoms with Gasteiger partial charge in [-0.05, 0) is 91.9 Å². The average molecular weight is 377 g/mol. The molecule has 0 bridgehead atoms. The molecule has 0 radical (unpaired) electrons. The fourth-order valence-electron chi connectivity index (χ4n) is 7.52. The molecule has 148 valence electrons. The van der Waals surface area contributed by atoms with Gasteiger partial charge < -0.3 is 5.32 Å². The molecule has 1 aromatic heterocycles. The van der Waals surface area contributed by atoms with Crippen LogP contribution in [0.25, 0.3) is 5.57 Å². The van der Waals surface area contributed by atoms with E-state index in [1.54, 1.807) is 11.6 Å². The van der Waals surface area contributed by atoms with E-state index in [2.05, 4.69) is 49.3 Å². The first-order valence-corrected chi connectivity index (χ1v) is 11.0. The first-order valence-electron chi connectivity index (χ1n) is 11.0. The molecule has 3 saturated carbocycles. The second-order valence-electron chi connectivity index (χ2n) is 10.1. The molecule has 1 aliphatic heterocycles. The van der Waals surface area contributed by atoms with Gasteiger partial charge in [-0.25, -0.2) is 0 Å². The summed E-state index contributed by atoms with van der Waals surface area (Å²) < 4.78 is 0. The van der Waals surface area contributed by atoms with Gasteiger partial charge in [-0.15, -0.1) is 0 Å². The van der Waals surface area contributed by atoms with Crippen molar-refractivity contribution in [2.75, 3.05) is 0 Å². The van der Waals surface area contributed by atoms with Crippen molar-refractivity contribution in [2.45, 2.75) is 65.3 Å². The van der Waals surface area contributed by atoms with Gasteiger partial charge in [0.05, 0.1) is 0 Å². The van der Waals surface area contributed by atoms with Crippen LogP contribution in [0.15, 0.2) is 42.3 Å². The Balaban J connectivity index is 1.49. The van der Waals surface area contributed by atoms with Crippen LogP contribution in [0.3, 0.4) is 0 Å². The monoisotopic (exact) mass is 376 g/mol. The molecule has 2 heterocycles. The van der Waals surface area contributed by atoms with Gasteiger partial charge in [0, 0.05) is 23.9 Å². The number of hydrogen-bond donors (Lipinski definition) is 1. The van der Waals surface area contributed by atoms with E-state index in [4.69, 9.17) is 0 Å². The third kappa shape index (κ3) is 2.47. The Hall–Kier alpha value is -1.90. The quantitative estimate of drug-likeness (QED) is 0.736. The highest BCUT2D eigenvalue weighted by Gasteiger charge is 2.58. The lowest BCUT2D eigenvalue weighted by atomic mass is 9.48. The van der Waals surface area contributed by atoms with E-state index in [-0.39, 0.29) is 11.3 Å². The highest BCUT2D eigenvalue weighted by molar-refractivity contribution is 5.89. The van der Waals surface area contributed by atoms with Gasteiger partial charge in [-0.1, -0.05) is 31.6 Å². The largest absolute Gasteiger partial charge is 0.349 e. The molecule has 3 fully saturated rings. The van der Waals surface area contributed by atoms with Crippen molar-refractivity contribution in [1.82, 2.24) is 10.3 Å². The maximum atomic E-state index is 11.9. The van der Waals surface area contributed by atoms with E-state index in [9.17, 15) is 4.79 Å². The normalized spacial score (nSPS) is 43.6. The standard InChI is InChI=1S/C25H32N2O/c1-16(17-5-4-14-26-15-17)19-7-8-20-18-6-9-22-25(3,13-11-23(28)27-22)21(18)10-12-24(19,20)2/h4-5,11,13-15,18,20-22H,6-10,12H2,1-3H3,(H,27,28)/t18-,20-,21-,22+,24+,25+/m0/s1. The van der Waals surface area contributed by atoms with Gasteiger partial charge in [0.1, 0.15) is 0 Å². The topological polar surface area (TPSA) is 42.0 Å². The van der Waals surface area contributed by atoms with E-state index >= 15 is 0 Å². The van der Waals surface area contributed by atoms with Crippen LogP contribution in [0.2, 0.25) is 0 Å². The average Bonchev–Trinajstić information content (AvgIpc) is 3.06. The maximum Gasteiger partial charge on any atom is 0.243 e. The molecule has 6 atom stereocenters. The van der Waals surface area contributed by atoms with Crippen LogP contribution in [0, 0.1) is 28.6 Å². The summed E-state index contributed by atoms with van der Waals surface area (Å²) in [6.07, 6.45) is 15.4. The van der Waals surface area contributed by atoms with Gasteiger partial charge in [0.15, 0.2) is 0 Å². The molecule has 1 amide bonds. The van der Waals surface area contributed by atoms with Gasteiger partial charge in [0.2, 0.25) is 5.91 Å². The molecule has 1 aromatic rings. The summed E-state index contributed by atoms with van der Waals surface area (Å²) >= 11 is 0. The smallest absolute Gasteiger partial charge is 0.243 e. The molecule has 0 saturated heterocycles. The second kappa shape index (κ2) is 6.30. The summed E-state index contributed by atoms with van der Waals surface area (Å²) in [7, 11) is 0. The van der Waals surface area contributed by atoms with Crippen molar-refractivity contribution in [3.05, 3.63) is 47.8 Å². The van der Waals surface area contributed by atoms with E-state index in [0.29, 0.717) is 17.4 Å². The number of amides is 1. The molecule has 1 N–H and O–H groups in total.